The zero-order valence-electron chi connectivity index (χ0n) is 12.1. The lowest BCUT2D eigenvalue weighted by molar-refractivity contribution is -0.120. The fourth-order valence-corrected chi connectivity index (χ4v) is 2.74. The Hall–Kier alpha value is -0.610. The Kier molecular flexibility index (Phi) is 6.09. The molecule has 1 aliphatic rings. The van der Waals surface area contributed by atoms with Gasteiger partial charge in [0.1, 0.15) is 0 Å². The van der Waals surface area contributed by atoms with E-state index in [2.05, 4.69) is 31.0 Å². The Labute approximate surface area is 111 Å². The Morgan fingerprint density at radius 2 is 2.11 bits per heavy atom. The van der Waals surface area contributed by atoms with E-state index in [0.717, 1.165) is 32.5 Å². The minimum Gasteiger partial charge on any atom is -0.393 e. The average molecular weight is 256 g/mol. The van der Waals surface area contributed by atoms with Crippen LogP contribution in [0.4, 0.5) is 0 Å². The summed E-state index contributed by atoms with van der Waals surface area (Å²) in [5.41, 5.74) is 0. The highest BCUT2D eigenvalue weighted by molar-refractivity contribution is 5.73. The van der Waals surface area contributed by atoms with Crippen molar-refractivity contribution in [2.45, 2.75) is 52.7 Å². The minimum atomic E-state index is -0.232. The van der Waals surface area contributed by atoms with Gasteiger partial charge in [0.25, 0.3) is 0 Å². The molecule has 18 heavy (non-hydrogen) atoms. The number of aliphatic hydroxyl groups excluding tert-OH is 1. The summed E-state index contributed by atoms with van der Waals surface area (Å²) in [5, 5.41) is 13.0. The summed E-state index contributed by atoms with van der Waals surface area (Å²) < 4.78 is 0. The number of aliphatic hydroxyl groups is 1. The molecule has 0 radical (unpaired) electrons. The smallest absolute Gasteiger partial charge is 0.217 e. The van der Waals surface area contributed by atoms with E-state index in [0.29, 0.717) is 11.8 Å². The lowest BCUT2D eigenvalue weighted by Gasteiger charge is -2.38. The van der Waals surface area contributed by atoms with Crippen LogP contribution in [0.1, 0.15) is 40.5 Å². The first kappa shape index (κ1) is 15.4. The first-order chi connectivity index (χ1) is 8.42. The number of amides is 1. The van der Waals surface area contributed by atoms with Crippen molar-refractivity contribution < 1.29 is 9.90 Å². The van der Waals surface area contributed by atoms with Crippen LogP contribution in [0.2, 0.25) is 0 Å². The van der Waals surface area contributed by atoms with E-state index >= 15 is 0 Å². The molecule has 0 spiro atoms. The zero-order valence-corrected chi connectivity index (χ0v) is 12.1. The number of carbonyl (C=O) groups is 1. The molecule has 0 bridgehead atoms. The van der Waals surface area contributed by atoms with Crippen LogP contribution in [0.25, 0.3) is 0 Å². The number of nitrogens with zero attached hydrogens (tertiary/aromatic N) is 1. The maximum absolute atomic E-state index is 11.2. The van der Waals surface area contributed by atoms with E-state index in [1.54, 1.807) is 6.92 Å². The number of likely N-dealkylation sites (tertiary alicyclic amines) is 1. The summed E-state index contributed by atoms with van der Waals surface area (Å²) in [6.07, 6.45) is 1.59. The van der Waals surface area contributed by atoms with Gasteiger partial charge in [-0.2, -0.15) is 0 Å². The van der Waals surface area contributed by atoms with Crippen molar-refractivity contribution in [1.82, 2.24) is 10.2 Å². The van der Waals surface area contributed by atoms with Crippen LogP contribution < -0.4 is 5.32 Å². The van der Waals surface area contributed by atoms with Crippen LogP contribution >= 0.6 is 0 Å². The molecule has 4 nitrogen and oxygen atoms in total. The van der Waals surface area contributed by atoms with E-state index in [1.165, 1.54) is 0 Å². The number of hydrogen-bond acceptors (Lipinski definition) is 3. The molecule has 106 valence electrons. The van der Waals surface area contributed by atoms with E-state index in [4.69, 9.17) is 0 Å². The fourth-order valence-electron chi connectivity index (χ4n) is 2.74. The highest BCUT2D eigenvalue weighted by Crippen LogP contribution is 2.23. The summed E-state index contributed by atoms with van der Waals surface area (Å²) in [7, 11) is 0. The second kappa shape index (κ2) is 7.10. The van der Waals surface area contributed by atoms with Crippen molar-refractivity contribution in [2.24, 2.45) is 11.8 Å². The Morgan fingerprint density at radius 1 is 1.44 bits per heavy atom. The molecular formula is C14H28N2O2. The summed E-state index contributed by atoms with van der Waals surface area (Å²) >= 11 is 0. The molecule has 1 heterocycles. The van der Waals surface area contributed by atoms with Crippen molar-refractivity contribution in [3.8, 4) is 0 Å². The standard InChI is InChI=1S/C14H28N2O2/c1-5-16-8-12(7-14(18)10(2)3)6-13(9-16)15-11(4)17/h10,12-14,18H,5-9H2,1-4H3,(H,15,17). The SMILES string of the molecule is CCN1CC(CC(O)C(C)C)CC(NC(C)=O)C1. The number of nitrogens with one attached hydrogen (secondary N) is 1. The fraction of sp³-hybridized carbons (Fsp3) is 0.929. The van der Waals surface area contributed by atoms with Gasteiger partial charge in [0, 0.05) is 26.1 Å². The molecule has 3 unspecified atom stereocenters. The third kappa shape index (κ3) is 4.94. The van der Waals surface area contributed by atoms with Crippen molar-refractivity contribution in [2.75, 3.05) is 19.6 Å². The molecule has 1 aliphatic heterocycles. The van der Waals surface area contributed by atoms with E-state index in [1.807, 2.05) is 0 Å². The largest absolute Gasteiger partial charge is 0.393 e. The Morgan fingerprint density at radius 3 is 2.61 bits per heavy atom. The number of carbonyl (C=O) groups excluding carboxylic acids is 1. The summed E-state index contributed by atoms with van der Waals surface area (Å²) in [6.45, 7) is 10.8. The third-order valence-corrected chi connectivity index (χ3v) is 3.81. The first-order valence-electron chi connectivity index (χ1n) is 7.09. The lowest BCUT2D eigenvalue weighted by Crippen LogP contribution is -2.50. The molecule has 0 aromatic rings. The van der Waals surface area contributed by atoms with E-state index in [-0.39, 0.29) is 18.1 Å². The van der Waals surface area contributed by atoms with Crippen LogP contribution in [0.15, 0.2) is 0 Å². The van der Waals surface area contributed by atoms with Gasteiger partial charge in [-0.1, -0.05) is 20.8 Å². The first-order valence-corrected chi connectivity index (χ1v) is 7.09. The Bertz CT molecular complexity index is 269. The number of hydrogen-bond donors (Lipinski definition) is 2. The van der Waals surface area contributed by atoms with Gasteiger partial charge in [-0.05, 0) is 31.2 Å². The van der Waals surface area contributed by atoms with Gasteiger partial charge in [0.2, 0.25) is 5.91 Å². The van der Waals surface area contributed by atoms with Gasteiger partial charge in [-0.15, -0.1) is 0 Å². The van der Waals surface area contributed by atoms with Crippen LogP contribution in [0.3, 0.4) is 0 Å². The molecule has 2 N–H and O–H groups in total. The maximum Gasteiger partial charge on any atom is 0.217 e. The van der Waals surface area contributed by atoms with Crippen LogP contribution in [0.5, 0.6) is 0 Å². The summed E-state index contributed by atoms with van der Waals surface area (Å²) in [5.74, 6) is 0.829. The normalized spacial score (nSPS) is 27.2. The molecule has 0 aliphatic carbocycles. The minimum absolute atomic E-state index is 0.0427. The Balaban J connectivity index is 2.53. The van der Waals surface area contributed by atoms with Gasteiger partial charge < -0.3 is 15.3 Å². The zero-order chi connectivity index (χ0) is 13.7. The topological polar surface area (TPSA) is 52.6 Å². The van der Waals surface area contributed by atoms with Crippen molar-refractivity contribution in [1.29, 1.82) is 0 Å². The third-order valence-electron chi connectivity index (χ3n) is 3.81. The predicted octanol–water partition coefficient (Wildman–Crippen LogP) is 1.24. The highest BCUT2D eigenvalue weighted by atomic mass is 16.3. The van der Waals surface area contributed by atoms with Gasteiger partial charge in [0.05, 0.1) is 6.10 Å². The van der Waals surface area contributed by atoms with Gasteiger partial charge in [-0.3, -0.25) is 4.79 Å². The van der Waals surface area contributed by atoms with Gasteiger partial charge in [-0.25, -0.2) is 0 Å². The number of likely N-dealkylation sites (N-methyl/N-ethyl adjacent to an activating group) is 1. The predicted molar refractivity (Wildman–Crippen MR) is 73.3 cm³/mol. The quantitative estimate of drug-likeness (QED) is 0.778. The van der Waals surface area contributed by atoms with Gasteiger partial charge >= 0.3 is 0 Å². The molecule has 1 saturated heterocycles. The molecule has 1 amide bonds. The van der Waals surface area contributed by atoms with Gasteiger partial charge in [0.15, 0.2) is 0 Å². The molecular weight excluding hydrogens is 228 g/mol. The molecule has 0 saturated carbocycles. The number of piperidine rings is 1. The second-order valence-corrected chi connectivity index (χ2v) is 5.90. The van der Waals surface area contributed by atoms with Crippen molar-refractivity contribution >= 4 is 5.91 Å². The lowest BCUT2D eigenvalue weighted by atomic mass is 9.87. The van der Waals surface area contributed by atoms with E-state index < -0.39 is 0 Å². The highest BCUT2D eigenvalue weighted by Gasteiger charge is 2.28. The van der Waals surface area contributed by atoms with E-state index in [9.17, 15) is 9.90 Å². The molecule has 0 aromatic carbocycles. The maximum atomic E-state index is 11.2. The monoisotopic (exact) mass is 256 g/mol. The second-order valence-electron chi connectivity index (χ2n) is 5.90. The van der Waals surface area contributed by atoms with Crippen LogP contribution in [0, 0.1) is 11.8 Å². The van der Waals surface area contributed by atoms with Crippen molar-refractivity contribution in [3.05, 3.63) is 0 Å². The summed E-state index contributed by atoms with van der Waals surface area (Å²) in [6, 6.07) is 0.237. The molecule has 4 heteroatoms. The van der Waals surface area contributed by atoms with Crippen LogP contribution in [-0.4, -0.2) is 47.7 Å². The molecule has 0 aromatic heterocycles. The molecule has 3 atom stereocenters. The molecule has 1 fully saturated rings. The number of rotatable bonds is 5. The van der Waals surface area contributed by atoms with Crippen LogP contribution in [-0.2, 0) is 4.79 Å². The van der Waals surface area contributed by atoms with Crippen molar-refractivity contribution in [3.63, 3.8) is 0 Å². The average Bonchev–Trinajstić information content (AvgIpc) is 2.27. The summed E-state index contributed by atoms with van der Waals surface area (Å²) in [4.78, 5) is 13.5. The molecule has 1 rings (SSSR count).